The Kier molecular flexibility index (Phi) is 11.0. The number of aromatic nitrogens is 1. The molecule has 0 amide bonds. The minimum atomic E-state index is 0.457. The van der Waals surface area contributed by atoms with E-state index in [1.165, 1.54) is 22.3 Å². The van der Waals surface area contributed by atoms with Gasteiger partial charge < -0.3 is 0 Å². The lowest BCUT2D eigenvalue weighted by Crippen LogP contribution is -1.98. The van der Waals surface area contributed by atoms with Crippen LogP contribution < -0.4 is 0 Å². The van der Waals surface area contributed by atoms with Crippen LogP contribution in [0.5, 0.6) is 0 Å². The van der Waals surface area contributed by atoms with Crippen molar-refractivity contribution in [1.29, 1.82) is 0 Å². The predicted octanol–water partition coefficient (Wildman–Crippen LogP) is 10.2. The van der Waals surface area contributed by atoms with Crippen molar-refractivity contribution in [2.24, 2.45) is 9.98 Å². The van der Waals surface area contributed by atoms with Crippen molar-refractivity contribution < 1.29 is 0 Å². The summed E-state index contributed by atoms with van der Waals surface area (Å²) in [6.07, 6.45) is 7.70. The lowest BCUT2D eigenvalue weighted by molar-refractivity contribution is 0.834. The highest BCUT2D eigenvalue weighted by Gasteiger charge is 2.13. The van der Waals surface area contributed by atoms with E-state index in [9.17, 15) is 0 Å². The zero-order chi connectivity index (χ0) is 27.7. The van der Waals surface area contributed by atoms with Gasteiger partial charge in [-0.15, -0.1) is 0 Å². The van der Waals surface area contributed by atoms with Crippen LogP contribution in [0.3, 0.4) is 0 Å². The van der Waals surface area contributed by atoms with Crippen molar-refractivity contribution in [2.75, 3.05) is 0 Å². The first-order valence-corrected chi connectivity index (χ1v) is 14.4. The van der Waals surface area contributed by atoms with Crippen molar-refractivity contribution in [3.05, 3.63) is 88.2 Å². The zero-order valence-corrected chi connectivity index (χ0v) is 24.8. The van der Waals surface area contributed by atoms with Gasteiger partial charge in [-0.3, -0.25) is 15.0 Å². The quantitative estimate of drug-likeness (QED) is 0.224. The van der Waals surface area contributed by atoms with Gasteiger partial charge in [0.2, 0.25) is 0 Å². The molecule has 0 saturated heterocycles. The van der Waals surface area contributed by atoms with Crippen LogP contribution in [0.4, 0.5) is 11.4 Å². The molecular formula is C35H47N3. The number of para-hydroxylation sites is 2. The Balaban J connectivity index is 1.63. The summed E-state index contributed by atoms with van der Waals surface area (Å²) in [7, 11) is 0. The Morgan fingerprint density at radius 2 is 0.842 bits per heavy atom. The topological polar surface area (TPSA) is 37.6 Å². The highest BCUT2D eigenvalue weighted by molar-refractivity contribution is 5.69. The molecule has 0 fully saturated rings. The van der Waals surface area contributed by atoms with Crippen LogP contribution in [-0.2, 0) is 12.8 Å². The van der Waals surface area contributed by atoms with Crippen LogP contribution >= 0.6 is 0 Å². The van der Waals surface area contributed by atoms with E-state index in [-0.39, 0.29) is 0 Å². The standard InChI is InChI=1S/C35H47N3/c1-24(2)30-18-10-19-31(25(3)4)34(30)36-22-12-16-28-14-9-15-29(38-28)17-13-23-37-35-32(26(5)6)20-11-21-33(35)27(7)8/h9-11,14-15,18-27H,12-13,16-17H2,1-8H3. The van der Waals surface area contributed by atoms with Crippen LogP contribution in [-0.4, -0.2) is 17.4 Å². The van der Waals surface area contributed by atoms with Gasteiger partial charge in [-0.25, -0.2) is 0 Å². The Labute approximate surface area is 231 Å². The monoisotopic (exact) mass is 509 g/mol. The fourth-order valence-corrected chi connectivity index (χ4v) is 4.87. The zero-order valence-electron chi connectivity index (χ0n) is 24.8. The van der Waals surface area contributed by atoms with Gasteiger partial charge in [-0.05, 0) is 83.7 Å². The molecule has 0 spiro atoms. The predicted molar refractivity (Wildman–Crippen MR) is 166 cm³/mol. The highest BCUT2D eigenvalue weighted by Crippen LogP contribution is 2.35. The van der Waals surface area contributed by atoms with E-state index in [0.717, 1.165) is 48.4 Å². The number of benzene rings is 2. The number of pyridine rings is 1. The molecule has 0 unspecified atom stereocenters. The molecule has 0 atom stereocenters. The average Bonchev–Trinajstić information content (AvgIpc) is 2.88. The molecule has 0 N–H and O–H groups in total. The number of aliphatic imine (C=N–C) groups is 2. The first-order chi connectivity index (χ1) is 18.2. The lowest BCUT2D eigenvalue weighted by Gasteiger charge is -2.16. The number of hydrogen-bond donors (Lipinski definition) is 0. The van der Waals surface area contributed by atoms with Gasteiger partial charge in [0, 0.05) is 23.8 Å². The number of hydrogen-bond acceptors (Lipinski definition) is 3. The van der Waals surface area contributed by atoms with Crippen LogP contribution in [0, 0.1) is 0 Å². The van der Waals surface area contributed by atoms with Crippen LogP contribution in [0.15, 0.2) is 64.6 Å². The van der Waals surface area contributed by atoms with E-state index in [4.69, 9.17) is 15.0 Å². The second-order valence-electron chi connectivity index (χ2n) is 11.5. The molecular weight excluding hydrogens is 462 g/mol. The summed E-state index contributed by atoms with van der Waals surface area (Å²) in [4.78, 5) is 14.8. The lowest BCUT2D eigenvalue weighted by atomic mass is 9.93. The van der Waals surface area contributed by atoms with Gasteiger partial charge in [0.1, 0.15) is 0 Å². The van der Waals surface area contributed by atoms with E-state index >= 15 is 0 Å². The van der Waals surface area contributed by atoms with Crippen LogP contribution in [0.2, 0.25) is 0 Å². The molecule has 38 heavy (non-hydrogen) atoms. The van der Waals surface area contributed by atoms with Crippen molar-refractivity contribution in [1.82, 2.24) is 4.98 Å². The smallest absolute Gasteiger partial charge is 0.0694 e. The minimum absolute atomic E-state index is 0.457. The third-order valence-corrected chi connectivity index (χ3v) is 7.05. The molecule has 0 saturated carbocycles. The maximum Gasteiger partial charge on any atom is 0.0694 e. The third-order valence-electron chi connectivity index (χ3n) is 7.05. The number of nitrogens with zero attached hydrogens (tertiary/aromatic N) is 3. The van der Waals surface area contributed by atoms with Crippen molar-refractivity contribution in [2.45, 2.75) is 105 Å². The maximum atomic E-state index is 4.94. The van der Waals surface area contributed by atoms with Gasteiger partial charge >= 0.3 is 0 Å². The molecule has 3 rings (SSSR count). The fourth-order valence-electron chi connectivity index (χ4n) is 4.87. The molecule has 0 bridgehead atoms. The Morgan fingerprint density at radius 1 is 0.526 bits per heavy atom. The van der Waals surface area contributed by atoms with E-state index < -0.39 is 0 Å². The first-order valence-electron chi connectivity index (χ1n) is 14.4. The molecule has 1 heterocycles. The van der Waals surface area contributed by atoms with E-state index in [1.54, 1.807) is 0 Å². The summed E-state index contributed by atoms with van der Waals surface area (Å²) in [6.45, 7) is 17.9. The Hall–Kier alpha value is -3.07. The number of rotatable bonds is 12. The van der Waals surface area contributed by atoms with Crippen molar-refractivity contribution in [3.63, 3.8) is 0 Å². The van der Waals surface area contributed by atoms with Gasteiger partial charge in [-0.2, -0.15) is 0 Å². The molecule has 202 valence electrons. The fraction of sp³-hybridized carbons (Fsp3) is 0.457. The maximum absolute atomic E-state index is 4.94. The van der Waals surface area contributed by atoms with E-state index in [1.807, 2.05) is 0 Å². The molecule has 3 heteroatoms. The molecule has 1 aromatic heterocycles. The highest BCUT2D eigenvalue weighted by atomic mass is 14.7. The number of aryl methyl sites for hydroxylation is 2. The van der Waals surface area contributed by atoms with Gasteiger partial charge in [0.15, 0.2) is 0 Å². The Bertz CT molecular complexity index is 1090. The summed E-state index contributed by atoms with van der Waals surface area (Å²) in [5.41, 5.74) is 9.85. The largest absolute Gasteiger partial charge is 0.261 e. The first kappa shape index (κ1) is 29.5. The van der Waals surface area contributed by atoms with Crippen LogP contribution in [0.1, 0.15) is 126 Å². The van der Waals surface area contributed by atoms with Gasteiger partial charge in [0.25, 0.3) is 0 Å². The SMILES string of the molecule is CC(C)c1cccc(C(C)C)c1N=CCCc1cccc(CCC=Nc2c(C(C)C)cccc2C(C)C)n1. The average molecular weight is 510 g/mol. The second kappa shape index (κ2) is 14.2. The molecule has 0 aliphatic rings. The van der Waals surface area contributed by atoms with Crippen LogP contribution in [0.25, 0.3) is 0 Å². The molecule has 3 aromatic rings. The van der Waals surface area contributed by atoms with E-state index in [0.29, 0.717) is 23.7 Å². The Morgan fingerprint density at radius 3 is 1.16 bits per heavy atom. The van der Waals surface area contributed by atoms with Gasteiger partial charge in [0.05, 0.1) is 11.4 Å². The van der Waals surface area contributed by atoms with Crippen molar-refractivity contribution in [3.8, 4) is 0 Å². The molecule has 0 aliphatic heterocycles. The third kappa shape index (κ3) is 7.96. The molecule has 0 radical (unpaired) electrons. The molecule has 0 aliphatic carbocycles. The summed E-state index contributed by atoms with van der Waals surface area (Å²) in [5.74, 6) is 1.83. The van der Waals surface area contributed by atoms with Gasteiger partial charge in [-0.1, -0.05) is 97.9 Å². The minimum Gasteiger partial charge on any atom is -0.261 e. The molecule has 3 nitrogen and oxygen atoms in total. The summed E-state index contributed by atoms with van der Waals surface area (Å²) >= 11 is 0. The van der Waals surface area contributed by atoms with E-state index in [2.05, 4.69) is 122 Å². The van der Waals surface area contributed by atoms with Crippen molar-refractivity contribution >= 4 is 23.8 Å². The molecule has 2 aromatic carbocycles. The summed E-state index contributed by atoms with van der Waals surface area (Å²) < 4.78 is 0. The second-order valence-corrected chi connectivity index (χ2v) is 11.5. The normalized spacial score (nSPS) is 12.3. The summed E-state index contributed by atoms with van der Waals surface area (Å²) in [5, 5.41) is 0. The summed E-state index contributed by atoms with van der Waals surface area (Å²) in [6, 6.07) is 19.5.